The number of nitriles is 1. The summed E-state index contributed by atoms with van der Waals surface area (Å²) in [5.74, 6) is 0. The molecule has 0 bridgehead atoms. The Kier molecular flexibility index (Phi) is 3.81. The monoisotopic (exact) mass is 203 g/mol. The molecule has 15 heavy (non-hydrogen) atoms. The molecule has 3 nitrogen and oxygen atoms in total. The molecule has 1 rings (SSSR count). The van der Waals surface area contributed by atoms with Crippen LogP contribution in [0, 0.1) is 23.7 Å². The Morgan fingerprint density at radius 2 is 2.20 bits per heavy atom. The molecule has 0 aliphatic rings. The molecule has 1 N–H and O–H groups in total. The predicted molar refractivity (Wildman–Crippen MR) is 60.1 cm³/mol. The van der Waals surface area contributed by atoms with E-state index < -0.39 is 0 Å². The van der Waals surface area contributed by atoms with E-state index in [2.05, 4.69) is 16.4 Å². The first-order valence-electron chi connectivity index (χ1n) is 5.07. The highest BCUT2D eigenvalue weighted by Crippen LogP contribution is 2.10. The lowest BCUT2D eigenvalue weighted by atomic mass is 9.96. The molecule has 0 aliphatic heterocycles. The van der Waals surface area contributed by atoms with Gasteiger partial charge in [-0.05, 0) is 32.4 Å². The molecule has 0 saturated heterocycles. The molecule has 1 aromatic heterocycles. The van der Waals surface area contributed by atoms with Crippen molar-refractivity contribution in [2.45, 2.75) is 27.3 Å². The van der Waals surface area contributed by atoms with Crippen LogP contribution in [0.2, 0.25) is 0 Å². The van der Waals surface area contributed by atoms with Gasteiger partial charge in [0.25, 0.3) is 0 Å². The van der Waals surface area contributed by atoms with E-state index >= 15 is 0 Å². The van der Waals surface area contributed by atoms with E-state index in [1.165, 1.54) is 0 Å². The second-order valence-electron chi connectivity index (χ2n) is 4.43. The fraction of sp³-hybridized carbons (Fsp3) is 0.500. The van der Waals surface area contributed by atoms with Gasteiger partial charge in [-0.15, -0.1) is 0 Å². The summed E-state index contributed by atoms with van der Waals surface area (Å²) in [6.45, 7) is 7.25. The summed E-state index contributed by atoms with van der Waals surface area (Å²) in [5.41, 5.74) is 1.86. The van der Waals surface area contributed by atoms with Crippen molar-refractivity contribution in [3.63, 3.8) is 0 Å². The Labute approximate surface area is 91.1 Å². The van der Waals surface area contributed by atoms with Crippen molar-refractivity contribution in [3.05, 3.63) is 29.6 Å². The molecule has 1 aromatic rings. The van der Waals surface area contributed by atoms with Crippen LogP contribution in [-0.4, -0.2) is 11.5 Å². The van der Waals surface area contributed by atoms with Crippen molar-refractivity contribution >= 4 is 0 Å². The average Bonchev–Trinajstić information content (AvgIpc) is 2.21. The van der Waals surface area contributed by atoms with Crippen LogP contribution in [0.5, 0.6) is 0 Å². The summed E-state index contributed by atoms with van der Waals surface area (Å²) in [7, 11) is 0. The molecular formula is C12H17N3. The van der Waals surface area contributed by atoms with Crippen LogP contribution in [0.15, 0.2) is 18.3 Å². The molecule has 0 atom stereocenters. The van der Waals surface area contributed by atoms with E-state index in [0.29, 0.717) is 13.1 Å². The predicted octanol–water partition coefficient (Wildman–Crippen LogP) is 2.03. The Morgan fingerprint density at radius 3 is 2.73 bits per heavy atom. The van der Waals surface area contributed by atoms with Crippen molar-refractivity contribution in [3.8, 4) is 6.07 Å². The maximum absolute atomic E-state index is 8.82. The van der Waals surface area contributed by atoms with Crippen LogP contribution >= 0.6 is 0 Å². The van der Waals surface area contributed by atoms with Gasteiger partial charge in [0, 0.05) is 19.3 Å². The van der Waals surface area contributed by atoms with Gasteiger partial charge >= 0.3 is 0 Å². The molecule has 0 saturated carbocycles. The van der Waals surface area contributed by atoms with Crippen molar-refractivity contribution in [1.82, 2.24) is 10.3 Å². The van der Waals surface area contributed by atoms with Crippen molar-refractivity contribution in [2.24, 2.45) is 5.41 Å². The van der Waals surface area contributed by atoms with Crippen LogP contribution in [0.1, 0.15) is 25.1 Å². The van der Waals surface area contributed by atoms with E-state index in [4.69, 9.17) is 5.26 Å². The zero-order valence-electron chi connectivity index (χ0n) is 9.54. The number of rotatable bonds is 4. The van der Waals surface area contributed by atoms with Gasteiger partial charge < -0.3 is 5.32 Å². The van der Waals surface area contributed by atoms with E-state index in [-0.39, 0.29) is 5.41 Å². The maximum atomic E-state index is 8.82. The number of hydrogen-bond acceptors (Lipinski definition) is 3. The number of aryl methyl sites for hydroxylation is 1. The molecule has 0 unspecified atom stereocenters. The SMILES string of the molecule is Cc1ccc(CNCC(C)(C)C#N)nc1. The maximum Gasteiger partial charge on any atom is 0.0697 e. The number of hydrogen-bond donors (Lipinski definition) is 1. The third kappa shape index (κ3) is 4.09. The highest BCUT2D eigenvalue weighted by atomic mass is 14.9. The summed E-state index contributed by atoms with van der Waals surface area (Å²) in [4.78, 5) is 4.28. The molecule has 0 aliphatic carbocycles. The molecule has 80 valence electrons. The van der Waals surface area contributed by atoms with E-state index in [0.717, 1.165) is 11.3 Å². The van der Waals surface area contributed by atoms with Gasteiger partial charge in [-0.1, -0.05) is 6.07 Å². The van der Waals surface area contributed by atoms with Crippen LogP contribution in [0.25, 0.3) is 0 Å². The van der Waals surface area contributed by atoms with Crippen molar-refractivity contribution < 1.29 is 0 Å². The van der Waals surface area contributed by atoms with Gasteiger partial charge in [-0.2, -0.15) is 5.26 Å². The fourth-order valence-corrected chi connectivity index (χ4v) is 1.15. The molecule has 0 aromatic carbocycles. The molecule has 1 heterocycles. The lowest BCUT2D eigenvalue weighted by molar-refractivity contribution is 0.443. The van der Waals surface area contributed by atoms with Gasteiger partial charge in [-0.3, -0.25) is 4.98 Å². The Balaban J connectivity index is 2.39. The van der Waals surface area contributed by atoms with E-state index in [9.17, 15) is 0 Å². The number of aromatic nitrogens is 1. The Morgan fingerprint density at radius 1 is 1.47 bits per heavy atom. The third-order valence-corrected chi connectivity index (χ3v) is 2.15. The topological polar surface area (TPSA) is 48.7 Å². The van der Waals surface area contributed by atoms with Gasteiger partial charge in [0.2, 0.25) is 0 Å². The summed E-state index contributed by atoms with van der Waals surface area (Å²) in [5, 5.41) is 12.0. The molecule has 0 amide bonds. The second kappa shape index (κ2) is 4.90. The number of pyridine rings is 1. The van der Waals surface area contributed by atoms with Crippen molar-refractivity contribution in [1.29, 1.82) is 5.26 Å². The first-order chi connectivity index (χ1) is 7.03. The van der Waals surface area contributed by atoms with Gasteiger partial charge in [0.15, 0.2) is 0 Å². The van der Waals surface area contributed by atoms with Crippen LogP contribution in [-0.2, 0) is 6.54 Å². The zero-order valence-corrected chi connectivity index (χ0v) is 9.54. The summed E-state index contributed by atoms with van der Waals surface area (Å²) in [6, 6.07) is 6.30. The summed E-state index contributed by atoms with van der Waals surface area (Å²) in [6.07, 6.45) is 1.85. The van der Waals surface area contributed by atoms with Gasteiger partial charge in [-0.25, -0.2) is 0 Å². The lowest BCUT2D eigenvalue weighted by Crippen LogP contribution is -2.27. The van der Waals surface area contributed by atoms with Gasteiger partial charge in [0.05, 0.1) is 17.2 Å². The second-order valence-corrected chi connectivity index (χ2v) is 4.43. The smallest absolute Gasteiger partial charge is 0.0697 e. The quantitative estimate of drug-likeness (QED) is 0.814. The Hall–Kier alpha value is -1.40. The fourth-order valence-electron chi connectivity index (χ4n) is 1.15. The minimum atomic E-state index is -0.315. The first-order valence-corrected chi connectivity index (χ1v) is 5.07. The molecule has 0 spiro atoms. The third-order valence-electron chi connectivity index (χ3n) is 2.15. The summed E-state index contributed by atoms with van der Waals surface area (Å²) < 4.78 is 0. The van der Waals surface area contributed by atoms with E-state index in [1.807, 2.05) is 39.1 Å². The largest absolute Gasteiger partial charge is 0.310 e. The molecular weight excluding hydrogens is 186 g/mol. The highest BCUT2D eigenvalue weighted by Gasteiger charge is 2.15. The Bertz CT molecular complexity index is 346. The van der Waals surface area contributed by atoms with Gasteiger partial charge in [0.1, 0.15) is 0 Å². The average molecular weight is 203 g/mol. The zero-order chi connectivity index (χ0) is 11.3. The standard InChI is InChI=1S/C12H17N3/c1-10-4-5-11(15-6-10)7-14-9-12(2,3)8-13/h4-6,14H,7,9H2,1-3H3. The minimum Gasteiger partial charge on any atom is -0.310 e. The molecule has 3 heteroatoms. The number of nitrogens with zero attached hydrogens (tertiary/aromatic N) is 2. The van der Waals surface area contributed by atoms with Crippen LogP contribution in [0.4, 0.5) is 0 Å². The van der Waals surface area contributed by atoms with Crippen LogP contribution < -0.4 is 5.32 Å². The highest BCUT2D eigenvalue weighted by molar-refractivity contribution is 5.12. The molecule has 0 radical (unpaired) electrons. The summed E-state index contributed by atoms with van der Waals surface area (Å²) >= 11 is 0. The lowest BCUT2D eigenvalue weighted by Gasteiger charge is -2.15. The van der Waals surface area contributed by atoms with Crippen LogP contribution in [0.3, 0.4) is 0 Å². The first kappa shape index (κ1) is 11.7. The molecule has 0 fully saturated rings. The minimum absolute atomic E-state index is 0.315. The number of nitrogens with one attached hydrogen (secondary N) is 1. The van der Waals surface area contributed by atoms with Crippen molar-refractivity contribution in [2.75, 3.05) is 6.54 Å². The normalized spacial score (nSPS) is 11.1. The van der Waals surface area contributed by atoms with E-state index in [1.54, 1.807) is 0 Å².